The lowest BCUT2D eigenvalue weighted by Gasteiger charge is -2.17. The van der Waals surface area contributed by atoms with Crippen molar-refractivity contribution >= 4 is 35.2 Å². The number of carbonyl (C=O) groups is 3. The molecule has 0 aliphatic carbocycles. The number of anilines is 1. The summed E-state index contributed by atoms with van der Waals surface area (Å²) < 4.78 is 4.99. The van der Waals surface area contributed by atoms with Crippen LogP contribution in [-0.4, -0.2) is 43.6 Å². The molecular formula is C19H21N3O4S. The number of hydrogen-bond acceptors (Lipinski definition) is 5. The highest BCUT2D eigenvalue weighted by Gasteiger charge is 2.34. The van der Waals surface area contributed by atoms with Gasteiger partial charge in [-0.1, -0.05) is 0 Å². The summed E-state index contributed by atoms with van der Waals surface area (Å²) in [4.78, 5) is 39.1. The fourth-order valence-corrected chi connectivity index (χ4v) is 3.30. The molecule has 0 radical (unpaired) electrons. The average molecular weight is 387 g/mol. The largest absolute Gasteiger partial charge is 0.459 e. The van der Waals surface area contributed by atoms with Gasteiger partial charge < -0.3 is 20.0 Å². The Morgan fingerprint density at radius 1 is 1.19 bits per heavy atom. The van der Waals surface area contributed by atoms with E-state index in [1.54, 1.807) is 28.8 Å². The summed E-state index contributed by atoms with van der Waals surface area (Å²) in [6.07, 6.45) is 3.61. The molecule has 1 saturated heterocycles. The van der Waals surface area contributed by atoms with Crippen LogP contribution in [0.15, 0.2) is 52.0 Å². The summed E-state index contributed by atoms with van der Waals surface area (Å²) >= 11 is 1.64. The number of hydrogen-bond donors (Lipinski definition) is 2. The maximum atomic E-state index is 12.3. The van der Waals surface area contributed by atoms with Gasteiger partial charge >= 0.3 is 0 Å². The quantitative estimate of drug-likeness (QED) is 0.559. The summed E-state index contributed by atoms with van der Waals surface area (Å²) in [6, 6.07) is 10.9. The van der Waals surface area contributed by atoms with Crippen LogP contribution in [0.2, 0.25) is 0 Å². The van der Waals surface area contributed by atoms with E-state index in [4.69, 9.17) is 4.42 Å². The lowest BCUT2D eigenvalue weighted by molar-refractivity contribution is -0.126. The minimum atomic E-state index is -0.390. The zero-order chi connectivity index (χ0) is 19.2. The Hall–Kier alpha value is -2.74. The summed E-state index contributed by atoms with van der Waals surface area (Å²) in [5.41, 5.74) is 0.804. The third-order valence-corrected chi connectivity index (χ3v) is 5.08. The maximum Gasteiger partial charge on any atom is 0.287 e. The van der Waals surface area contributed by atoms with E-state index in [0.29, 0.717) is 13.1 Å². The van der Waals surface area contributed by atoms with E-state index in [2.05, 4.69) is 10.6 Å². The van der Waals surface area contributed by atoms with Crippen LogP contribution in [0, 0.1) is 5.92 Å². The molecule has 8 heteroatoms. The van der Waals surface area contributed by atoms with Gasteiger partial charge in [0, 0.05) is 36.6 Å². The third-order valence-electron chi connectivity index (χ3n) is 4.33. The standard InChI is InChI=1S/C19H21N3O4S/c1-27-15-6-4-14(5-7-15)22-12-13(11-17(22)23)18(24)20-8-9-21-19(25)16-3-2-10-26-16/h2-7,10,13H,8-9,11-12H2,1H3,(H,20,24)(H,21,25). The molecule has 1 fully saturated rings. The number of benzene rings is 1. The molecule has 1 aromatic heterocycles. The number of amides is 3. The van der Waals surface area contributed by atoms with Gasteiger partial charge in [0.1, 0.15) is 0 Å². The summed E-state index contributed by atoms with van der Waals surface area (Å²) in [7, 11) is 0. The Morgan fingerprint density at radius 2 is 1.93 bits per heavy atom. The van der Waals surface area contributed by atoms with Crippen molar-refractivity contribution in [1.82, 2.24) is 10.6 Å². The summed E-state index contributed by atoms with van der Waals surface area (Å²) in [5, 5.41) is 5.43. The Kier molecular flexibility index (Phi) is 6.18. The Balaban J connectivity index is 1.45. The van der Waals surface area contributed by atoms with Crippen molar-refractivity contribution < 1.29 is 18.8 Å². The second kappa shape index (κ2) is 8.77. The van der Waals surface area contributed by atoms with E-state index in [-0.39, 0.29) is 36.4 Å². The smallest absolute Gasteiger partial charge is 0.287 e. The Labute approximate surface area is 161 Å². The molecule has 3 amide bonds. The topological polar surface area (TPSA) is 91.7 Å². The highest BCUT2D eigenvalue weighted by Crippen LogP contribution is 2.27. The molecule has 1 atom stereocenters. The Bertz CT molecular complexity index is 805. The molecular weight excluding hydrogens is 366 g/mol. The summed E-state index contributed by atoms with van der Waals surface area (Å²) in [6.45, 7) is 0.937. The van der Waals surface area contributed by atoms with E-state index in [1.165, 1.54) is 6.26 Å². The van der Waals surface area contributed by atoms with E-state index < -0.39 is 5.92 Å². The molecule has 1 unspecified atom stereocenters. The van der Waals surface area contributed by atoms with Crippen LogP contribution >= 0.6 is 11.8 Å². The van der Waals surface area contributed by atoms with E-state index in [1.807, 2.05) is 30.5 Å². The minimum absolute atomic E-state index is 0.0572. The number of furan rings is 1. The van der Waals surface area contributed by atoms with Gasteiger partial charge in [-0.05, 0) is 42.7 Å². The lowest BCUT2D eigenvalue weighted by atomic mass is 10.1. The fourth-order valence-electron chi connectivity index (χ4n) is 2.90. The molecule has 1 aliphatic rings. The molecule has 1 aliphatic heterocycles. The van der Waals surface area contributed by atoms with Crippen molar-refractivity contribution in [3.05, 3.63) is 48.4 Å². The van der Waals surface area contributed by atoms with Crippen LogP contribution in [0.4, 0.5) is 5.69 Å². The first-order valence-corrected chi connectivity index (χ1v) is 9.85. The molecule has 27 heavy (non-hydrogen) atoms. The maximum absolute atomic E-state index is 12.3. The lowest BCUT2D eigenvalue weighted by Crippen LogP contribution is -2.38. The van der Waals surface area contributed by atoms with Crippen LogP contribution in [0.1, 0.15) is 17.0 Å². The number of thioether (sulfide) groups is 1. The molecule has 2 aromatic rings. The fraction of sp³-hybridized carbons (Fsp3) is 0.316. The normalized spacial score (nSPS) is 16.4. The zero-order valence-electron chi connectivity index (χ0n) is 14.9. The number of nitrogens with one attached hydrogen (secondary N) is 2. The molecule has 142 valence electrons. The van der Waals surface area contributed by atoms with Crippen LogP contribution in [0.3, 0.4) is 0 Å². The highest BCUT2D eigenvalue weighted by molar-refractivity contribution is 7.98. The zero-order valence-corrected chi connectivity index (χ0v) is 15.8. The monoisotopic (exact) mass is 387 g/mol. The van der Waals surface area contributed by atoms with Crippen molar-refractivity contribution in [2.45, 2.75) is 11.3 Å². The van der Waals surface area contributed by atoms with Crippen LogP contribution < -0.4 is 15.5 Å². The molecule has 3 rings (SSSR count). The van der Waals surface area contributed by atoms with Crippen molar-refractivity contribution in [3.8, 4) is 0 Å². The van der Waals surface area contributed by atoms with Gasteiger partial charge in [0.05, 0.1) is 12.2 Å². The van der Waals surface area contributed by atoms with Crippen LogP contribution in [-0.2, 0) is 9.59 Å². The molecule has 2 N–H and O–H groups in total. The van der Waals surface area contributed by atoms with Crippen LogP contribution in [0.5, 0.6) is 0 Å². The average Bonchev–Trinajstić information content (AvgIpc) is 3.35. The van der Waals surface area contributed by atoms with Crippen LogP contribution in [0.25, 0.3) is 0 Å². The van der Waals surface area contributed by atoms with Gasteiger partial charge in [-0.15, -0.1) is 11.8 Å². The third kappa shape index (κ3) is 4.71. The molecule has 2 heterocycles. The molecule has 0 saturated carbocycles. The predicted molar refractivity (Wildman–Crippen MR) is 103 cm³/mol. The van der Waals surface area contributed by atoms with Gasteiger partial charge in [0.15, 0.2) is 5.76 Å². The predicted octanol–water partition coefficient (Wildman–Crippen LogP) is 1.90. The molecule has 0 spiro atoms. The van der Waals surface area contributed by atoms with Crippen molar-refractivity contribution in [3.63, 3.8) is 0 Å². The van der Waals surface area contributed by atoms with Crippen molar-refractivity contribution in [1.29, 1.82) is 0 Å². The molecule has 7 nitrogen and oxygen atoms in total. The van der Waals surface area contributed by atoms with Gasteiger partial charge in [-0.3, -0.25) is 14.4 Å². The summed E-state index contributed by atoms with van der Waals surface area (Å²) in [5.74, 6) is -0.730. The second-order valence-electron chi connectivity index (χ2n) is 6.13. The van der Waals surface area contributed by atoms with Gasteiger partial charge in [-0.25, -0.2) is 0 Å². The van der Waals surface area contributed by atoms with Gasteiger partial charge in [0.25, 0.3) is 5.91 Å². The first kappa shape index (κ1) is 19.0. The first-order valence-electron chi connectivity index (χ1n) is 8.62. The first-order chi connectivity index (χ1) is 13.1. The number of carbonyl (C=O) groups excluding carboxylic acids is 3. The second-order valence-corrected chi connectivity index (χ2v) is 7.01. The minimum Gasteiger partial charge on any atom is -0.459 e. The van der Waals surface area contributed by atoms with Crippen molar-refractivity contribution in [2.24, 2.45) is 5.92 Å². The van der Waals surface area contributed by atoms with Gasteiger partial charge in [0.2, 0.25) is 11.8 Å². The van der Waals surface area contributed by atoms with Crippen molar-refractivity contribution in [2.75, 3.05) is 30.8 Å². The van der Waals surface area contributed by atoms with E-state index in [0.717, 1.165) is 10.6 Å². The molecule has 1 aromatic carbocycles. The highest BCUT2D eigenvalue weighted by atomic mass is 32.2. The Morgan fingerprint density at radius 3 is 2.59 bits per heavy atom. The van der Waals surface area contributed by atoms with E-state index >= 15 is 0 Å². The molecule has 0 bridgehead atoms. The number of rotatable bonds is 7. The number of nitrogens with zero attached hydrogens (tertiary/aromatic N) is 1. The van der Waals surface area contributed by atoms with Gasteiger partial charge in [-0.2, -0.15) is 0 Å². The SMILES string of the molecule is CSc1ccc(N2CC(C(=O)NCCNC(=O)c3ccco3)CC2=O)cc1. The van der Waals surface area contributed by atoms with E-state index in [9.17, 15) is 14.4 Å².